The van der Waals surface area contributed by atoms with Crippen molar-refractivity contribution in [2.75, 3.05) is 24.7 Å². The van der Waals surface area contributed by atoms with Crippen LogP contribution in [0.1, 0.15) is 48.9 Å². The Bertz CT molecular complexity index is 454. The molecule has 0 bridgehead atoms. The molecule has 1 aromatic carbocycles. The molecular formula is C16H24N2O2. The van der Waals surface area contributed by atoms with E-state index in [4.69, 9.17) is 10.5 Å². The molecule has 1 saturated carbocycles. The standard InChI is InChI=1S/C16H24N2O2/c1-20-16(19)13-8-9-14(17)15(11-13)18-10-4-7-12-5-2-3-6-12/h8-9,11-12,18H,2-7,10,17H2,1H3. The molecule has 0 unspecified atom stereocenters. The van der Waals surface area contributed by atoms with Crippen molar-refractivity contribution in [1.29, 1.82) is 0 Å². The van der Waals surface area contributed by atoms with Crippen molar-refractivity contribution in [2.24, 2.45) is 5.92 Å². The van der Waals surface area contributed by atoms with Gasteiger partial charge in [-0.2, -0.15) is 0 Å². The van der Waals surface area contributed by atoms with Gasteiger partial charge in [0.15, 0.2) is 0 Å². The number of hydrogen-bond acceptors (Lipinski definition) is 4. The van der Waals surface area contributed by atoms with Crippen LogP contribution < -0.4 is 11.1 Å². The van der Waals surface area contributed by atoms with Gasteiger partial charge in [0, 0.05) is 6.54 Å². The number of carbonyl (C=O) groups is 1. The molecule has 1 aliphatic rings. The first-order valence-electron chi connectivity index (χ1n) is 7.42. The molecule has 4 nitrogen and oxygen atoms in total. The maximum Gasteiger partial charge on any atom is 0.337 e. The molecule has 0 aromatic heterocycles. The SMILES string of the molecule is COC(=O)c1ccc(N)c(NCCCC2CCCC2)c1. The fourth-order valence-corrected chi connectivity index (χ4v) is 2.87. The van der Waals surface area contributed by atoms with E-state index in [1.807, 2.05) is 0 Å². The highest BCUT2D eigenvalue weighted by molar-refractivity contribution is 5.91. The van der Waals surface area contributed by atoms with Crippen molar-refractivity contribution < 1.29 is 9.53 Å². The van der Waals surface area contributed by atoms with Crippen LogP contribution in [0.2, 0.25) is 0 Å². The van der Waals surface area contributed by atoms with E-state index in [1.54, 1.807) is 18.2 Å². The summed E-state index contributed by atoms with van der Waals surface area (Å²) >= 11 is 0. The molecule has 1 fully saturated rings. The molecule has 0 atom stereocenters. The second kappa shape index (κ2) is 7.17. The highest BCUT2D eigenvalue weighted by Gasteiger charge is 2.14. The summed E-state index contributed by atoms with van der Waals surface area (Å²) < 4.78 is 4.72. The summed E-state index contributed by atoms with van der Waals surface area (Å²) in [7, 11) is 1.38. The van der Waals surface area contributed by atoms with E-state index >= 15 is 0 Å². The zero-order chi connectivity index (χ0) is 14.4. The third-order valence-electron chi connectivity index (χ3n) is 4.05. The number of rotatable bonds is 6. The average Bonchev–Trinajstić information content (AvgIpc) is 2.97. The number of nitrogen functional groups attached to an aromatic ring is 1. The van der Waals surface area contributed by atoms with E-state index in [2.05, 4.69) is 5.32 Å². The van der Waals surface area contributed by atoms with Crippen LogP contribution in [0.3, 0.4) is 0 Å². The molecule has 20 heavy (non-hydrogen) atoms. The zero-order valence-corrected chi connectivity index (χ0v) is 12.2. The van der Waals surface area contributed by atoms with Gasteiger partial charge in [-0.05, 0) is 37.0 Å². The summed E-state index contributed by atoms with van der Waals surface area (Å²) in [6, 6.07) is 5.19. The van der Waals surface area contributed by atoms with E-state index in [0.29, 0.717) is 11.3 Å². The van der Waals surface area contributed by atoms with Crippen LogP contribution in [-0.4, -0.2) is 19.6 Å². The molecule has 0 saturated heterocycles. The molecule has 110 valence electrons. The minimum absolute atomic E-state index is 0.334. The Morgan fingerprint density at radius 2 is 2.15 bits per heavy atom. The van der Waals surface area contributed by atoms with Crippen LogP contribution in [0.5, 0.6) is 0 Å². The van der Waals surface area contributed by atoms with Gasteiger partial charge in [0.25, 0.3) is 0 Å². The van der Waals surface area contributed by atoms with E-state index in [0.717, 1.165) is 24.6 Å². The highest BCUT2D eigenvalue weighted by atomic mass is 16.5. The van der Waals surface area contributed by atoms with E-state index in [9.17, 15) is 4.79 Å². The number of hydrogen-bond donors (Lipinski definition) is 2. The van der Waals surface area contributed by atoms with Crippen LogP contribution >= 0.6 is 0 Å². The second-order valence-corrected chi connectivity index (χ2v) is 5.51. The number of benzene rings is 1. The van der Waals surface area contributed by atoms with E-state index in [1.165, 1.54) is 39.2 Å². The predicted molar refractivity (Wildman–Crippen MR) is 81.9 cm³/mol. The van der Waals surface area contributed by atoms with Gasteiger partial charge in [-0.25, -0.2) is 4.79 Å². The second-order valence-electron chi connectivity index (χ2n) is 5.51. The van der Waals surface area contributed by atoms with E-state index < -0.39 is 0 Å². The van der Waals surface area contributed by atoms with Crippen LogP contribution in [0.4, 0.5) is 11.4 Å². The van der Waals surface area contributed by atoms with E-state index in [-0.39, 0.29) is 5.97 Å². The van der Waals surface area contributed by atoms with Gasteiger partial charge in [0.05, 0.1) is 24.0 Å². The zero-order valence-electron chi connectivity index (χ0n) is 12.2. The smallest absolute Gasteiger partial charge is 0.337 e. The first-order chi connectivity index (χ1) is 9.70. The van der Waals surface area contributed by atoms with Gasteiger partial charge < -0.3 is 15.8 Å². The van der Waals surface area contributed by atoms with Crippen LogP contribution in [-0.2, 0) is 4.74 Å². The number of anilines is 2. The maximum atomic E-state index is 11.5. The van der Waals surface area contributed by atoms with Crippen LogP contribution in [0.25, 0.3) is 0 Å². The van der Waals surface area contributed by atoms with Crippen molar-refractivity contribution in [1.82, 2.24) is 0 Å². The number of nitrogens with one attached hydrogen (secondary N) is 1. The molecule has 1 aromatic rings. The van der Waals surface area contributed by atoms with Crippen LogP contribution in [0.15, 0.2) is 18.2 Å². The molecule has 0 amide bonds. The predicted octanol–water partition coefficient (Wildman–Crippen LogP) is 3.44. The maximum absolute atomic E-state index is 11.5. The first kappa shape index (κ1) is 14.7. The number of methoxy groups -OCH3 is 1. The lowest BCUT2D eigenvalue weighted by atomic mass is 10.0. The summed E-state index contributed by atoms with van der Waals surface area (Å²) in [6.45, 7) is 0.894. The Hall–Kier alpha value is -1.71. The molecule has 0 aliphatic heterocycles. The molecule has 0 heterocycles. The normalized spacial score (nSPS) is 15.2. The lowest BCUT2D eigenvalue weighted by Gasteiger charge is -2.12. The van der Waals surface area contributed by atoms with Crippen molar-refractivity contribution in [3.63, 3.8) is 0 Å². The van der Waals surface area contributed by atoms with Gasteiger partial charge in [0.2, 0.25) is 0 Å². The van der Waals surface area contributed by atoms with Crippen molar-refractivity contribution >= 4 is 17.3 Å². The van der Waals surface area contributed by atoms with Gasteiger partial charge >= 0.3 is 5.97 Å². The Kier molecular flexibility index (Phi) is 5.27. The fourth-order valence-electron chi connectivity index (χ4n) is 2.87. The van der Waals surface area contributed by atoms with Crippen molar-refractivity contribution in [2.45, 2.75) is 38.5 Å². The van der Waals surface area contributed by atoms with Gasteiger partial charge in [-0.15, -0.1) is 0 Å². The Labute approximate surface area is 120 Å². The summed E-state index contributed by atoms with van der Waals surface area (Å²) in [6.07, 6.45) is 7.99. The van der Waals surface area contributed by atoms with Gasteiger partial charge in [0.1, 0.15) is 0 Å². The monoisotopic (exact) mass is 276 g/mol. The number of ether oxygens (including phenoxy) is 1. The minimum Gasteiger partial charge on any atom is -0.465 e. The lowest BCUT2D eigenvalue weighted by Crippen LogP contribution is -2.08. The quantitative estimate of drug-likeness (QED) is 0.474. The topological polar surface area (TPSA) is 64.3 Å². The van der Waals surface area contributed by atoms with Crippen LogP contribution in [0, 0.1) is 5.92 Å². The summed E-state index contributed by atoms with van der Waals surface area (Å²) in [5.41, 5.74) is 7.93. The third-order valence-corrected chi connectivity index (χ3v) is 4.05. The molecule has 3 N–H and O–H groups in total. The molecule has 0 radical (unpaired) electrons. The first-order valence-corrected chi connectivity index (χ1v) is 7.42. The number of nitrogens with two attached hydrogens (primary N) is 1. The summed E-state index contributed by atoms with van der Waals surface area (Å²) in [4.78, 5) is 11.5. The molecule has 4 heteroatoms. The lowest BCUT2D eigenvalue weighted by molar-refractivity contribution is 0.0601. The number of carbonyl (C=O) groups excluding carboxylic acids is 1. The Balaban J connectivity index is 1.83. The largest absolute Gasteiger partial charge is 0.465 e. The fraction of sp³-hybridized carbons (Fsp3) is 0.562. The van der Waals surface area contributed by atoms with Gasteiger partial charge in [-0.1, -0.05) is 25.7 Å². The highest BCUT2D eigenvalue weighted by Crippen LogP contribution is 2.28. The van der Waals surface area contributed by atoms with Crippen molar-refractivity contribution in [3.8, 4) is 0 Å². The molecule has 1 aliphatic carbocycles. The third kappa shape index (κ3) is 3.89. The summed E-state index contributed by atoms with van der Waals surface area (Å²) in [5, 5.41) is 3.32. The molecule has 2 rings (SSSR count). The molecular weight excluding hydrogens is 252 g/mol. The number of esters is 1. The van der Waals surface area contributed by atoms with Gasteiger partial charge in [-0.3, -0.25) is 0 Å². The molecule has 0 spiro atoms. The Morgan fingerprint density at radius 3 is 2.85 bits per heavy atom. The Morgan fingerprint density at radius 1 is 1.40 bits per heavy atom. The average molecular weight is 276 g/mol. The minimum atomic E-state index is -0.334. The van der Waals surface area contributed by atoms with Crippen molar-refractivity contribution in [3.05, 3.63) is 23.8 Å². The summed E-state index contributed by atoms with van der Waals surface area (Å²) in [5.74, 6) is 0.578.